The number of benzene rings is 1. The Bertz CT molecular complexity index is 604. The van der Waals surface area contributed by atoms with Crippen LogP contribution in [0.4, 0.5) is 0 Å². The van der Waals surface area contributed by atoms with E-state index in [1.54, 1.807) is 0 Å². The van der Waals surface area contributed by atoms with Gasteiger partial charge in [-0.3, -0.25) is 4.79 Å². The summed E-state index contributed by atoms with van der Waals surface area (Å²) in [4.78, 5) is 17.3. The number of amides is 1. The molecule has 4 rings (SSSR count). The first-order valence-corrected chi connectivity index (χ1v) is 10.9. The summed E-state index contributed by atoms with van der Waals surface area (Å²) >= 11 is 0. The monoisotopic (exact) mass is 370 g/mol. The van der Waals surface area contributed by atoms with E-state index in [9.17, 15) is 4.79 Å². The van der Waals surface area contributed by atoms with Gasteiger partial charge in [-0.15, -0.1) is 0 Å². The Morgan fingerprint density at radius 3 is 2.67 bits per heavy atom. The second-order valence-electron chi connectivity index (χ2n) is 8.87. The van der Waals surface area contributed by atoms with E-state index in [-0.39, 0.29) is 5.41 Å². The highest BCUT2D eigenvalue weighted by molar-refractivity contribution is 5.79. The molecule has 1 aromatic rings. The number of likely N-dealkylation sites (tertiary alicyclic amines) is 2. The molecule has 1 spiro atoms. The van der Waals surface area contributed by atoms with Crippen LogP contribution in [0.25, 0.3) is 0 Å². The fourth-order valence-corrected chi connectivity index (χ4v) is 5.09. The minimum absolute atomic E-state index is 0.244. The molecule has 4 nitrogen and oxygen atoms in total. The molecule has 1 amide bonds. The Balaban J connectivity index is 1.21. The molecule has 0 bridgehead atoms. The van der Waals surface area contributed by atoms with Gasteiger partial charge in [0.2, 0.25) is 5.91 Å². The smallest absolute Gasteiger partial charge is 0.223 e. The molecule has 0 aromatic heterocycles. The van der Waals surface area contributed by atoms with Crippen LogP contribution in [0.3, 0.4) is 0 Å². The third kappa shape index (κ3) is 4.91. The molecule has 3 heterocycles. The number of nitrogens with zero attached hydrogens (tertiary/aromatic N) is 2. The Morgan fingerprint density at radius 1 is 1.11 bits per heavy atom. The highest BCUT2D eigenvalue weighted by atomic mass is 16.5. The summed E-state index contributed by atoms with van der Waals surface area (Å²) in [6.07, 6.45) is 9.43. The second-order valence-corrected chi connectivity index (χ2v) is 8.87. The fourth-order valence-electron chi connectivity index (χ4n) is 5.09. The van der Waals surface area contributed by atoms with Crippen molar-refractivity contribution in [2.75, 3.05) is 39.3 Å². The summed E-state index contributed by atoms with van der Waals surface area (Å²) in [5.74, 6) is 0.382. The lowest BCUT2D eigenvalue weighted by molar-refractivity contribution is -0.127. The van der Waals surface area contributed by atoms with Gasteiger partial charge >= 0.3 is 0 Å². The van der Waals surface area contributed by atoms with Gasteiger partial charge in [0.15, 0.2) is 0 Å². The molecule has 27 heavy (non-hydrogen) atoms. The number of aryl methyl sites for hydroxylation is 1. The average Bonchev–Trinajstić information content (AvgIpc) is 3.01. The van der Waals surface area contributed by atoms with Gasteiger partial charge in [0.25, 0.3) is 0 Å². The Hall–Kier alpha value is -1.39. The SMILES string of the molecule is O=C1CC2(CCN(C[C@H]3CCCCO3)CC2)CN1CCCc1ccccc1. The first-order chi connectivity index (χ1) is 13.2. The van der Waals surface area contributed by atoms with Crippen LogP contribution in [0.2, 0.25) is 0 Å². The van der Waals surface area contributed by atoms with Gasteiger partial charge < -0.3 is 14.5 Å². The summed E-state index contributed by atoms with van der Waals surface area (Å²) in [6.45, 7) is 6.18. The van der Waals surface area contributed by atoms with E-state index in [2.05, 4.69) is 40.1 Å². The van der Waals surface area contributed by atoms with E-state index in [1.165, 1.54) is 37.7 Å². The molecule has 0 radical (unpaired) electrons. The molecular formula is C23H34N2O2. The van der Waals surface area contributed by atoms with E-state index >= 15 is 0 Å². The molecule has 3 saturated heterocycles. The van der Waals surface area contributed by atoms with Crippen molar-refractivity contribution in [1.29, 1.82) is 0 Å². The van der Waals surface area contributed by atoms with Crippen molar-refractivity contribution in [2.24, 2.45) is 5.41 Å². The summed E-state index contributed by atoms with van der Waals surface area (Å²) in [7, 11) is 0. The minimum atomic E-state index is 0.244. The van der Waals surface area contributed by atoms with E-state index in [4.69, 9.17) is 4.74 Å². The summed E-state index contributed by atoms with van der Waals surface area (Å²) in [6, 6.07) is 10.6. The van der Waals surface area contributed by atoms with E-state index in [0.29, 0.717) is 12.0 Å². The van der Waals surface area contributed by atoms with Crippen LogP contribution in [0.1, 0.15) is 50.5 Å². The molecule has 0 N–H and O–H groups in total. The van der Waals surface area contributed by atoms with Gasteiger partial charge in [-0.2, -0.15) is 0 Å². The van der Waals surface area contributed by atoms with Gasteiger partial charge in [-0.25, -0.2) is 0 Å². The van der Waals surface area contributed by atoms with Crippen molar-refractivity contribution in [3.05, 3.63) is 35.9 Å². The lowest BCUT2D eigenvalue weighted by atomic mass is 9.77. The highest BCUT2D eigenvalue weighted by Crippen LogP contribution is 2.41. The van der Waals surface area contributed by atoms with Gasteiger partial charge in [0.1, 0.15) is 0 Å². The van der Waals surface area contributed by atoms with Gasteiger partial charge in [-0.1, -0.05) is 30.3 Å². The summed E-state index contributed by atoms with van der Waals surface area (Å²) in [5.41, 5.74) is 1.62. The third-order valence-corrected chi connectivity index (χ3v) is 6.79. The molecule has 0 unspecified atom stereocenters. The fraction of sp³-hybridized carbons (Fsp3) is 0.696. The number of ether oxygens (including phenoxy) is 1. The molecule has 148 valence electrons. The molecular weight excluding hydrogens is 336 g/mol. The predicted molar refractivity (Wildman–Crippen MR) is 108 cm³/mol. The summed E-state index contributed by atoms with van der Waals surface area (Å²) < 4.78 is 5.91. The number of hydrogen-bond acceptors (Lipinski definition) is 3. The zero-order valence-corrected chi connectivity index (χ0v) is 16.6. The van der Waals surface area contributed by atoms with E-state index in [0.717, 1.165) is 58.6 Å². The largest absolute Gasteiger partial charge is 0.377 e. The first-order valence-electron chi connectivity index (χ1n) is 10.9. The van der Waals surface area contributed by atoms with Crippen molar-refractivity contribution in [1.82, 2.24) is 9.80 Å². The maximum Gasteiger partial charge on any atom is 0.223 e. The lowest BCUT2D eigenvalue weighted by Crippen LogP contribution is -2.45. The Labute approximate surface area is 163 Å². The molecule has 3 fully saturated rings. The van der Waals surface area contributed by atoms with E-state index < -0.39 is 0 Å². The van der Waals surface area contributed by atoms with Crippen LogP contribution in [-0.2, 0) is 16.0 Å². The minimum Gasteiger partial charge on any atom is -0.377 e. The van der Waals surface area contributed by atoms with Crippen LogP contribution in [0, 0.1) is 5.41 Å². The molecule has 0 saturated carbocycles. The molecule has 0 aliphatic carbocycles. The standard InChI is InChI=1S/C23H34N2O2/c26-22-17-23(19-25(22)13-6-9-20-7-2-1-3-8-20)11-14-24(15-12-23)18-21-10-4-5-16-27-21/h1-3,7-8,21H,4-6,9-19H2/t21-/m1/s1. The van der Waals surface area contributed by atoms with Crippen LogP contribution >= 0.6 is 0 Å². The maximum atomic E-state index is 12.6. The van der Waals surface area contributed by atoms with Gasteiger partial charge in [-0.05, 0) is 69.0 Å². The number of hydrogen-bond donors (Lipinski definition) is 0. The number of rotatable bonds is 6. The second kappa shape index (κ2) is 8.74. The Morgan fingerprint density at radius 2 is 1.93 bits per heavy atom. The maximum absolute atomic E-state index is 12.6. The topological polar surface area (TPSA) is 32.8 Å². The Kier molecular flexibility index (Phi) is 6.14. The van der Waals surface area contributed by atoms with Crippen LogP contribution in [0.5, 0.6) is 0 Å². The highest BCUT2D eigenvalue weighted by Gasteiger charge is 2.44. The molecule has 4 heteroatoms. The van der Waals surface area contributed by atoms with Crippen molar-refractivity contribution < 1.29 is 9.53 Å². The molecule has 1 atom stereocenters. The average molecular weight is 371 g/mol. The van der Waals surface area contributed by atoms with Gasteiger partial charge in [0.05, 0.1) is 6.10 Å². The summed E-state index contributed by atoms with van der Waals surface area (Å²) in [5, 5.41) is 0. The van der Waals surface area contributed by atoms with E-state index in [1.807, 2.05) is 0 Å². The van der Waals surface area contributed by atoms with Gasteiger partial charge in [0, 0.05) is 32.7 Å². The molecule has 3 aliphatic heterocycles. The van der Waals surface area contributed by atoms with Crippen LogP contribution in [0.15, 0.2) is 30.3 Å². The first kappa shape index (κ1) is 18.9. The van der Waals surface area contributed by atoms with Crippen LogP contribution < -0.4 is 0 Å². The zero-order chi connectivity index (χ0) is 18.5. The molecule has 3 aliphatic rings. The van der Waals surface area contributed by atoms with Crippen molar-refractivity contribution in [3.63, 3.8) is 0 Å². The number of carbonyl (C=O) groups is 1. The normalized spacial score (nSPS) is 26.0. The number of piperidine rings is 1. The van der Waals surface area contributed by atoms with Crippen molar-refractivity contribution >= 4 is 5.91 Å². The quantitative estimate of drug-likeness (QED) is 0.768. The van der Waals surface area contributed by atoms with Crippen molar-refractivity contribution in [2.45, 2.75) is 57.5 Å². The lowest BCUT2D eigenvalue weighted by Gasteiger charge is -2.40. The number of carbonyl (C=O) groups excluding carboxylic acids is 1. The van der Waals surface area contributed by atoms with Crippen LogP contribution in [-0.4, -0.2) is 61.1 Å². The predicted octanol–water partition coefficient (Wildman–Crippen LogP) is 3.50. The molecule has 1 aromatic carbocycles. The van der Waals surface area contributed by atoms with Crippen molar-refractivity contribution in [3.8, 4) is 0 Å². The zero-order valence-electron chi connectivity index (χ0n) is 16.6. The third-order valence-electron chi connectivity index (χ3n) is 6.79.